The van der Waals surface area contributed by atoms with Crippen molar-refractivity contribution in [3.63, 3.8) is 0 Å². The maximum absolute atomic E-state index is 12.2. The topological polar surface area (TPSA) is 46.6 Å². The van der Waals surface area contributed by atoms with Crippen LogP contribution in [0.2, 0.25) is 0 Å². The van der Waals surface area contributed by atoms with Gasteiger partial charge in [0.15, 0.2) is 6.61 Å². The third-order valence-electron chi connectivity index (χ3n) is 4.31. The van der Waals surface area contributed by atoms with E-state index in [1.54, 1.807) is 30.1 Å². The highest BCUT2D eigenvalue weighted by Gasteiger charge is 2.25. The summed E-state index contributed by atoms with van der Waals surface area (Å²) in [4.78, 5) is 25.8. The first-order chi connectivity index (χ1) is 10.5. The third-order valence-corrected chi connectivity index (χ3v) is 4.81. The van der Waals surface area contributed by atoms with E-state index >= 15 is 0 Å². The van der Waals surface area contributed by atoms with Gasteiger partial charge in [0.05, 0.1) is 5.56 Å². The number of carbonyl (C=O) groups is 2. The van der Waals surface area contributed by atoms with E-state index < -0.39 is 5.97 Å². The number of benzene rings is 1. The molecule has 5 heteroatoms. The van der Waals surface area contributed by atoms with Gasteiger partial charge < -0.3 is 9.64 Å². The van der Waals surface area contributed by atoms with Crippen molar-refractivity contribution >= 4 is 27.8 Å². The lowest BCUT2D eigenvalue weighted by Crippen LogP contribution is -2.41. The van der Waals surface area contributed by atoms with Gasteiger partial charge in [-0.2, -0.15) is 0 Å². The van der Waals surface area contributed by atoms with E-state index in [1.165, 1.54) is 0 Å². The summed E-state index contributed by atoms with van der Waals surface area (Å²) >= 11 is 3.31. The lowest BCUT2D eigenvalue weighted by atomic mass is 9.87. The van der Waals surface area contributed by atoms with Crippen molar-refractivity contribution in [2.75, 3.05) is 13.7 Å². The number of hydrogen-bond donors (Lipinski definition) is 0. The number of hydrogen-bond acceptors (Lipinski definition) is 3. The van der Waals surface area contributed by atoms with Crippen LogP contribution in [0.1, 0.15) is 43.0 Å². The minimum absolute atomic E-state index is 0.136. The first kappa shape index (κ1) is 17.0. The van der Waals surface area contributed by atoms with Gasteiger partial charge in [-0.05, 0) is 49.8 Å². The quantitative estimate of drug-likeness (QED) is 0.763. The van der Waals surface area contributed by atoms with Crippen LogP contribution in [0.25, 0.3) is 0 Å². The van der Waals surface area contributed by atoms with Crippen LogP contribution in [0, 0.1) is 5.92 Å². The molecule has 1 aliphatic rings. The highest BCUT2D eigenvalue weighted by Crippen LogP contribution is 2.26. The summed E-state index contributed by atoms with van der Waals surface area (Å²) in [5, 5.41) is 0. The molecule has 0 aliphatic heterocycles. The van der Waals surface area contributed by atoms with E-state index in [1.807, 2.05) is 6.07 Å². The second-order valence-electron chi connectivity index (χ2n) is 6.00. The fourth-order valence-corrected chi connectivity index (χ4v) is 3.16. The molecule has 4 nitrogen and oxygen atoms in total. The standard InChI is InChI=1S/C17H22BrNO3/c1-12-6-8-15(9-7-12)19(2)16(20)11-22-17(21)13-4-3-5-14(18)10-13/h3-5,10,12,15H,6-9,11H2,1-2H3. The number of rotatable bonds is 4. The van der Waals surface area contributed by atoms with E-state index in [2.05, 4.69) is 22.9 Å². The molecule has 0 heterocycles. The predicted octanol–water partition coefficient (Wildman–Crippen LogP) is 3.64. The maximum atomic E-state index is 12.2. The van der Waals surface area contributed by atoms with E-state index in [4.69, 9.17) is 4.74 Å². The number of carbonyl (C=O) groups excluding carboxylic acids is 2. The van der Waals surface area contributed by atoms with Crippen molar-refractivity contribution in [1.29, 1.82) is 0 Å². The molecular weight excluding hydrogens is 346 g/mol. The van der Waals surface area contributed by atoms with Crippen LogP contribution >= 0.6 is 15.9 Å². The highest BCUT2D eigenvalue weighted by molar-refractivity contribution is 9.10. The van der Waals surface area contributed by atoms with Gasteiger partial charge in [0.2, 0.25) is 0 Å². The number of nitrogens with zero attached hydrogens (tertiary/aromatic N) is 1. The average molecular weight is 368 g/mol. The van der Waals surface area contributed by atoms with Gasteiger partial charge in [-0.15, -0.1) is 0 Å². The number of halogens is 1. The number of esters is 1. The Morgan fingerprint density at radius 1 is 1.27 bits per heavy atom. The van der Waals surface area contributed by atoms with Crippen LogP contribution in [0.4, 0.5) is 0 Å². The normalized spacial score (nSPS) is 21.2. The molecule has 1 fully saturated rings. The van der Waals surface area contributed by atoms with Gasteiger partial charge in [-0.3, -0.25) is 4.79 Å². The molecule has 0 aromatic heterocycles. The van der Waals surface area contributed by atoms with Gasteiger partial charge in [0.25, 0.3) is 5.91 Å². The summed E-state index contributed by atoms with van der Waals surface area (Å²) in [7, 11) is 1.80. The first-order valence-corrected chi connectivity index (χ1v) is 8.45. The highest BCUT2D eigenvalue weighted by atomic mass is 79.9. The molecule has 0 N–H and O–H groups in total. The summed E-state index contributed by atoms with van der Waals surface area (Å²) in [6, 6.07) is 7.22. The van der Waals surface area contributed by atoms with Crippen molar-refractivity contribution in [2.24, 2.45) is 5.92 Å². The molecular formula is C17H22BrNO3. The second-order valence-corrected chi connectivity index (χ2v) is 6.92. The molecule has 1 aromatic carbocycles. The van der Waals surface area contributed by atoms with E-state index in [0.29, 0.717) is 5.56 Å². The van der Waals surface area contributed by atoms with Crippen LogP contribution in [0.15, 0.2) is 28.7 Å². The second kappa shape index (κ2) is 7.77. The molecule has 0 unspecified atom stereocenters. The van der Waals surface area contributed by atoms with Crippen molar-refractivity contribution in [3.05, 3.63) is 34.3 Å². The lowest BCUT2D eigenvalue weighted by Gasteiger charge is -2.33. The monoisotopic (exact) mass is 367 g/mol. The van der Waals surface area contributed by atoms with Gasteiger partial charge in [0.1, 0.15) is 0 Å². The predicted molar refractivity (Wildman–Crippen MR) is 88.6 cm³/mol. The molecule has 1 saturated carbocycles. The lowest BCUT2D eigenvalue weighted by molar-refractivity contribution is -0.136. The summed E-state index contributed by atoms with van der Waals surface area (Å²) in [6.07, 6.45) is 4.37. The minimum Gasteiger partial charge on any atom is -0.452 e. The van der Waals surface area contributed by atoms with Crippen molar-refractivity contribution in [3.8, 4) is 0 Å². The van der Waals surface area contributed by atoms with Gasteiger partial charge in [0, 0.05) is 17.6 Å². The average Bonchev–Trinajstić information content (AvgIpc) is 2.52. The van der Waals surface area contributed by atoms with Gasteiger partial charge in [-0.1, -0.05) is 28.9 Å². The zero-order chi connectivity index (χ0) is 16.1. The number of amides is 1. The molecule has 1 amide bonds. The van der Waals surface area contributed by atoms with E-state index in [0.717, 1.165) is 36.1 Å². The molecule has 0 atom stereocenters. The maximum Gasteiger partial charge on any atom is 0.338 e. The van der Waals surface area contributed by atoms with Crippen molar-refractivity contribution < 1.29 is 14.3 Å². The molecule has 0 bridgehead atoms. The summed E-state index contributed by atoms with van der Waals surface area (Å²) in [6.45, 7) is 2.05. The minimum atomic E-state index is -0.472. The third kappa shape index (κ3) is 4.57. The Labute approximate surface area is 140 Å². The first-order valence-electron chi connectivity index (χ1n) is 7.65. The number of ether oxygens (including phenoxy) is 1. The van der Waals surface area contributed by atoms with Crippen LogP contribution in [-0.2, 0) is 9.53 Å². The van der Waals surface area contributed by atoms with Gasteiger partial charge >= 0.3 is 5.97 Å². The van der Waals surface area contributed by atoms with Crippen LogP contribution < -0.4 is 0 Å². The molecule has 120 valence electrons. The Kier molecular flexibility index (Phi) is 6.00. The van der Waals surface area contributed by atoms with E-state index in [-0.39, 0.29) is 18.6 Å². The SMILES string of the molecule is CC1CCC(N(C)C(=O)COC(=O)c2cccc(Br)c2)CC1. The largest absolute Gasteiger partial charge is 0.452 e. The zero-order valence-electron chi connectivity index (χ0n) is 13.0. The molecule has 0 radical (unpaired) electrons. The van der Waals surface area contributed by atoms with Crippen molar-refractivity contribution in [2.45, 2.75) is 38.6 Å². The fourth-order valence-electron chi connectivity index (χ4n) is 2.76. The van der Waals surface area contributed by atoms with Crippen LogP contribution in [0.3, 0.4) is 0 Å². The molecule has 0 spiro atoms. The number of likely N-dealkylation sites (N-methyl/N-ethyl adjacent to an activating group) is 1. The Morgan fingerprint density at radius 3 is 2.59 bits per heavy atom. The molecule has 1 aliphatic carbocycles. The Balaban J connectivity index is 1.83. The van der Waals surface area contributed by atoms with Crippen molar-refractivity contribution in [1.82, 2.24) is 4.90 Å². The molecule has 22 heavy (non-hydrogen) atoms. The van der Waals surface area contributed by atoms with E-state index in [9.17, 15) is 9.59 Å². The fraction of sp³-hybridized carbons (Fsp3) is 0.529. The Hall–Kier alpha value is -1.36. The molecule has 2 rings (SSSR count). The zero-order valence-corrected chi connectivity index (χ0v) is 14.6. The van der Waals surface area contributed by atoms with Gasteiger partial charge in [-0.25, -0.2) is 4.79 Å². The Bertz CT molecular complexity index is 538. The molecule has 1 aromatic rings. The smallest absolute Gasteiger partial charge is 0.338 e. The molecule has 0 saturated heterocycles. The summed E-state index contributed by atoms with van der Waals surface area (Å²) in [5.41, 5.74) is 0.441. The van der Waals surface area contributed by atoms with Crippen LogP contribution in [-0.4, -0.2) is 36.5 Å². The summed E-state index contributed by atoms with van der Waals surface area (Å²) in [5.74, 6) is 0.136. The summed E-state index contributed by atoms with van der Waals surface area (Å²) < 4.78 is 5.93. The Morgan fingerprint density at radius 2 is 1.95 bits per heavy atom. The van der Waals surface area contributed by atoms with Crippen LogP contribution in [0.5, 0.6) is 0 Å².